The lowest BCUT2D eigenvalue weighted by Gasteiger charge is -2.23. The molecule has 0 aliphatic carbocycles. The van der Waals surface area contributed by atoms with E-state index in [0.29, 0.717) is 5.69 Å². The predicted octanol–water partition coefficient (Wildman–Crippen LogP) is 1.67. The Bertz CT molecular complexity index is 371. The maximum atomic E-state index is 12.8. The van der Waals surface area contributed by atoms with Gasteiger partial charge in [0.2, 0.25) is 0 Å². The molecule has 1 aromatic carbocycles. The van der Waals surface area contributed by atoms with Gasteiger partial charge in [-0.2, -0.15) is 0 Å². The number of nitrogens with zero attached hydrogens (tertiary/aromatic N) is 1. The molecule has 0 aliphatic rings. The lowest BCUT2D eigenvalue weighted by atomic mass is 10.3. The Morgan fingerprint density at radius 2 is 2.31 bits per heavy atom. The van der Waals surface area contributed by atoms with Crippen LogP contribution in [-0.4, -0.2) is 35.7 Å². The molecular formula is C11H15FN2O2. The summed E-state index contributed by atoms with van der Waals surface area (Å²) in [5.74, 6) is -0.407. The maximum Gasteiger partial charge on any atom is 0.321 e. The molecule has 16 heavy (non-hydrogen) atoms. The molecule has 4 nitrogen and oxygen atoms in total. The van der Waals surface area contributed by atoms with E-state index in [1.807, 2.05) is 0 Å². The number of benzene rings is 1. The Kier molecular flexibility index (Phi) is 4.25. The van der Waals surface area contributed by atoms with Crippen molar-refractivity contribution in [2.45, 2.75) is 13.0 Å². The van der Waals surface area contributed by atoms with Gasteiger partial charge in [-0.05, 0) is 25.1 Å². The number of nitrogens with one attached hydrogen (secondary N) is 1. The Balaban J connectivity index is 2.64. The van der Waals surface area contributed by atoms with E-state index < -0.39 is 5.82 Å². The fourth-order valence-electron chi connectivity index (χ4n) is 1.10. The van der Waals surface area contributed by atoms with E-state index in [9.17, 15) is 9.18 Å². The lowest BCUT2D eigenvalue weighted by Crippen LogP contribution is -2.40. The first-order valence-corrected chi connectivity index (χ1v) is 4.95. The zero-order valence-electron chi connectivity index (χ0n) is 9.27. The number of hydrogen-bond donors (Lipinski definition) is 2. The molecule has 1 aromatic rings. The third kappa shape index (κ3) is 3.20. The van der Waals surface area contributed by atoms with Crippen LogP contribution < -0.4 is 5.32 Å². The van der Waals surface area contributed by atoms with E-state index in [-0.39, 0.29) is 18.7 Å². The number of urea groups is 1. The van der Waals surface area contributed by atoms with Crippen molar-refractivity contribution < 1.29 is 14.3 Å². The highest BCUT2D eigenvalue weighted by molar-refractivity contribution is 5.89. The summed E-state index contributed by atoms with van der Waals surface area (Å²) in [4.78, 5) is 13.0. The number of aliphatic hydroxyl groups is 1. The van der Waals surface area contributed by atoms with Gasteiger partial charge in [0.1, 0.15) is 5.82 Å². The molecule has 2 N–H and O–H groups in total. The zero-order chi connectivity index (χ0) is 12.1. The standard InChI is InChI=1S/C11H15FN2O2/c1-8(7-15)14(2)11(16)13-10-5-3-4-9(12)6-10/h3-6,8,15H,7H2,1-2H3,(H,13,16). The average Bonchev–Trinajstić information content (AvgIpc) is 2.27. The number of aliphatic hydroxyl groups excluding tert-OH is 1. The van der Waals surface area contributed by atoms with Gasteiger partial charge in [0.25, 0.3) is 0 Å². The van der Waals surface area contributed by atoms with Gasteiger partial charge in [-0.3, -0.25) is 0 Å². The van der Waals surface area contributed by atoms with E-state index in [2.05, 4.69) is 5.32 Å². The second-order valence-electron chi connectivity index (χ2n) is 3.58. The topological polar surface area (TPSA) is 52.6 Å². The molecular weight excluding hydrogens is 211 g/mol. The van der Waals surface area contributed by atoms with Gasteiger partial charge in [-0.25, -0.2) is 9.18 Å². The summed E-state index contributed by atoms with van der Waals surface area (Å²) in [6.07, 6.45) is 0. The van der Waals surface area contributed by atoms with Crippen molar-refractivity contribution in [1.82, 2.24) is 4.90 Å². The average molecular weight is 226 g/mol. The minimum Gasteiger partial charge on any atom is -0.394 e. The van der Waals surface area contributed by atoms with Gasteiger partial charge in [-0.1, -0.05) is 6.07 Å². The monoisotopic (exact) mass is 226 g/mol. The highest BCUT2D eigenvalue weighted by atomic mass is 19.1. The second kappa shape index (κ2) is 5.46. The predicted molar refractivity (Wildman–Crippen MR) is 59.7 cm³/mol. The van der Waals surface area contributed by atoms with Gasteiger partial charge in [-0.15, -0.1) is 0 Å². The van der Waals surface area contributed by atoms with Crippen LogP contribution in [-0.2, 0) is 0 Å². The number of likely N-dealkylation sites (N-methyl/N-ethyl adjacent to an activating group) is 1. The maximum absolute atomic E-state index is 12.8. The Hall–Kier alpha value is -1.62. The number of halogens is 1. The molecule has 1 unspecified atom stereocenters. The fraction of sp³-hybridized carbons (Fsp3) is 0.364. The molecule has 0 saturated carbocycles. The summed E-state index contributed by atoms with van der Waals surface area (Å²) in [5, 5.41) is 11.4. The Labute approximate surface area is 93.7 Å². The fourth-order valence-corrected chi connectivity index (χ4v) is 1.10. The van der Waals surface area contributed by atoms with Gasteiger partial charge in [0.15, 0.2) is 0 Å². The van der Waals surface area contributed by atoms with Crippen LogP contribution in [0.2, 0.25) is 0 Å². The molecule has 0 aromatic heterocycles. The molecule has 5 heteroatoms. The number of amides is 2. The summed E-state index contributed by atoms with van der Waals surface area (Å²) in [6, 6.07) is 4.98. The smallest absolute Gasteiger partial charge is 0.321 e. The largest absolute Gasteiger partial charge is 0.394 e. The quantitative estimate of drug-likeness (QED) is 0.823. The molecule has 88 valence electrons. The molecule has 0 bridgehead atoms. The van der Waals surface area contributed by atoms with Crippen molar-refractivity contribution in [3.63, 3.8) is 0 Å². The van der Waals surface area contributed by atoms with Crippen LogP contribution >= 0.6 is 0 Å². The lowest BCUT2D eigenvalue weighted by molar-refractivity contribution is 0.166. The van der Waals surface area contributed by atoms with Crippen LogP contribution in [0.5, 0.6) is 0 Å². The van der Waals surface area contributed by atoms with Crippen LogP contribution in [0.4, 0.5) is 14.9 Å². The van der Waals surface area contributed by atoms with E-state index in [4.69, 9.17) is 5.11 Å². The molecule has 0 fully saturated rings. The first-order valence-electron chi connectivity index (χ1n) is 4.95. The third-order valence-electron chi connectivity index (χ3n) is 2.32. The Morgan fingerprint density at radius 3 is 2.88 bits per heavy atom. The van der Waals surface area contributed by atoms with E-state index in [0.717, 1.165) is 0 Å². The molecule has 0 aliphatic heterocycles. The summed E-state index contributed by atoms with van der Waals surface area (Å²) in [7, 11) is 1.56. The summed E-state index contributed by atoms with van der Waals surface area (Å²) in [5.41, 5.74) is 0.391. The summed E-state index contributed by atoms with van der Waals surface area (Å²) < 4.78 is 12.8. The van der Waals surface area contributed by atoms with Crippen LogP contribution in [0.1, 0.15) is 6.92 Å². The normalized spacial score (nSPS) is 12.0. The molecule has 0 saturated heterocycles. The van der Waals surface area contributed by atoms with Gasteiger partial charge >= 0.3 is 6.03 Å². The van der Waals surface area contributed by atoms with E-state index in [1.165, 1.54) is 23.1 Å². The molecule has 0 radical (unpaired) electrons. The molecule has 0 heterocycles. The van der Waals surface area contributed by atoms with Crippen LogP contribution in [0.15, 0.2) is 24.3 Å². The third-order valence-corrected chi connectivity index (χ3v) is 2.32. The first kappa shape index (κ1) is 12.4. The Morgan fingerprint density at radius 1 is 1.62 bits per heavy atom. The second-order valence-corrected chi connectivity index (χ2v) is 3.58. The molecule has 1 atom stereocenters. The van der Waals surface area contributed by atoms with Gasteiger partial charge in [0.05, 0.1) is 12.6 Å². The van der Waals surface area contributed by atoms with E-state index in [1.54, 1.807) is 20.0 Å². The van der Waals surface area contributed by atoms with Crippen LogP contribution in [0, 0.1) is 5.82 Å². The molecule has 1 rings (SSSR count). The van der Waals surface area contributed by atoms with Crippen molar-refractivity contribution in [3.8, 4) is 0 Å². The minimum absolute atomic E-state index is 0.118. The summed E-state index contributed by atoms with van der Waals surface area (Å²) in [6.45, 7) is 1.60. The van der Waals surface area contributed by atoms with Crippen LogP contribution in [0.3, 0.4) is 0 Å². The van der Waals surface area contributed by atoms with Crippen molar-refractivity contribution in [2.75, 3.05) is 19.0 Å². The molecule has 0 spiro atoms. The first-order chi connectivity index (χ1) is 7.54. The number of carbonyl (C=O) groups excluding carboxylic acids is 1. The minimum atomic E-state index is -0.407. The number of hydrogen-bond acceptors (Lipinski definition) is 2. The number of rotatable bonds is 3. The van der Waals surface area contributed by atoms with Crippen LogP contribution in [0.25, 0.3) is 0 Å². The van der Waals surface area contributed by atoms with Crippen molar-refractivity contribution >= 4 is 11.7 Å². The van der Waals surface area contributed by atoms with Crippen molar-refractivity contribution in [3.05, 3.63) is 30.1 Å². The highest BCUT2D eigenvalue weighted by Crippen LogP contribution is 2.10. The van der Waals surface area contributed by atoms with Gasteiger partial charge in [0, 0.05) is 12.7 Å². The van der Waals surface area contributed by atoms with E-state index >= 15 is 0 Å². The van der Waals surface area contributed by atoms with Gasteiger partial charge < -0.3 is 15.3 Å². The number of carbonyl (C=O) groups is 1. The highest BCUT2D eigenvalue weighted by Gasteiger charge is 2.14. The SMILES string of the molecule is CC(CO)N(C)C(=O)Nc1cccc(F)c1. The zero-order valence-corrected chi connectivity index (χ0v) is 9.27. The molecule has 2 amide bonds. The van der Waals surface area contributed by atoms with Crippen molar-refractivity contribution in [2.24, 2.45) is 0 Å². The number of anilines is 1. The summed E-state index contributed by atoms with van der Waals surface area (Å²) >= 11 is 0. The van der Waals surface area contributed by atoms with Crippen molar-refractivity contribution in [1.29, 1.82) is 0 Å².